The number of ether oxygens (including phenoxy) is 2. The van der Waals surface area contributed by atoms with Gasteiger partial charge in [0.15, 0.2) is 11.6 Å². The van der Waals surface area contributed by atoms with Crippen LogP contribution in [0.5, 0.6) is 11.5 Å². The van der Waals surface area contributed by atoms with E-state index in [0.717, 1.165) is 13.8 Å². The maximum absolute atomic E-state index is 13.6. The van der Waals surface area contributed by atoms with E-state index >= 15 is 0 Å². The lowest BCUT2D eigenvalue weighted by Gasteiger charge is -2.17. The van der Waals surface area contributed by atoms with Crippen molar-refractivity contribution in [3.05, 3.63) is 129 Å². The minimum absolute atomic E-state index is 0.0725. The van der Waals surface area contributed by atoms with Gasteiger partial charge in [-0.15, -0.1) is 34.8 Å². The van der Waals surface area contributed by atoms with E-state index in [1.165, 1.54) is 68.8 Å². The van der Waals surface area contributed by atoms with Gasteiger partial charge in [-0.05, 0) is 119 Å². The summed E-state index contributed by atoms with van der Waals surface area (Å²) in [6.07, 6.45) is 0. The SMILES string of the molecule is COc1cccc(NC(=O)c2cc(Cl)cc(N=NC(C(C)=O)C(=O)Nc3ccc(NC(=O)C(N=Nc4cc(Cl)cc(C(=O)Nc5cccc(OC)c5C(C)Cl)c4)C(C)=O)c(C(C)Cl)c3)c2)c1C(C)Cl. The quantitative estimate of drug-likeness (QED) is 0.0353. The van der Waals surface area contributed by atoms with Crippen molar-refractivity contribution in [2.24, 2.45) is 20.5 Å². The van der Waals surface area contributed by atoms with Crippen LogP contribution in [0.3, 0.4) is 0 Å². The van der Waals surface area contributed by atoms with E-state index in [0.29, 0.717) is 39.6 Å². The molecule has 0 bridgehead atoms. The number of ketones is 2. The Hall–Kier alpha value is -6.43. The van der Waals surface area contributed by atoms with E-state index in [4.69, 9.17) is 67.5 Å². The van der Waals surface area contributed by atoms with Gasteiger partial charge >= 0.3 is 0 Å². The first-order valence-corrected chi connectivity index (χ1v) is 22.9. The summed E-state index contributed by atoms with van der Waals surface area (Å²) in [6, 6.07) is 19.6. The van der Waals surface area contributed by atoms with Crippen LogP contribution in [-0.4, -0.2) is 61.5 Å². The second-order valence-electron chi connectivity index (χ2n) is 15.2. The third-order valence-electron chi connectivity index (χ3n) is 10.0. The van der Waals surface area contributed by atoms with Crippen molar-refractivity contribution in [3.63, 3.8) is 0 Å². The Morgan fingerprint density at radius 1 is 0.522 bits per heavy atom. The van der Waals surface area contributed by atoms with Gasteiger partial charge in [0.05, 0.1) is 41.7 Å². The lowest BCUT2D eigenvalue weighted by molar-refractivity contribution is -0.127. The van der Waals surface area contributed by atoms with Crippen molar-refractivity contribution in [2.75, 3.05) is 35.5 Å². The number of alkyl halides is 3. The molecule has 16 nitrogen and oxygen atoms in total. The largest absolute Gasteiger partial charge is 0.496 e. The molecular formula is C48H45Cl5N8O8. The molecule has 0 aliphatic heterocycles. The van der Waals surface area contributed by atoms with Crippen LogP contribution < -0.4 is 30.7 Å². The summed E-state index contributed by atoms with van der Waals surface area (Å²) < 4.78 is 10.8. The summed E-state index contributed by atoms with van der Waals surface area (Å²) in [4.78, 5) is 79.2. The number of nitrogens with zero attached hydrogens (tertiary/aromatic N) is 4. The van der Waals surface area contributed by atoms with Crippen LogP contribution in [0, 0.1) is 0 Å². The van der Waals surface area contributed by atoms with Crippen LogP contribution in [0.2, 0.25) is 10.0 Å². The minimum atomic E-state index is -1.64. The maximum atomic E-state index is 13.6. The molecule has 0 spiro atoms. The van der Waals surface area contributed by atoms with Gasteiger partial charge in [0.25, 0.3) is 23.6 Å². The molecule has 0 fully saturated rings. The van der Waals surface area contributed by atoms with Crippen LogP contribution in [-0.2, 0) is 19.2 Å². The van der Waals surface area contributed by atoms with E-state index in [9.17, 15) is 28.8 Å². The van der Waals surface area contributed by atoms with Crippen molar-refractivity contribution in [3.8, 4) is 11.5 Å². The van der Waals surface area contributed by atoms with Crippen LogP contribution in [0.15, 0.2) is 111 Å². The highest BCUT2D eigenvalue weighted by Crippen LogP contribution is 2.38. The van der Waals surface area contributed by atoms with Gasteiger partial charge in [0.2, 0.25) is 12.1 Å². The number of benzene rings is 5. The average molecular weight is 1040 g/mol. The van der Waals surface area contributed by atoms with Gasteiger partial charge < -0.3 is 30.7 Å². The molecule has 21 heteroatoms. The van der Waals surface area contributed by atoms with Crippen molar-refractivity contribution in [1.82, 2.24) is 0 Å². The predicted molar refractivity (Wildman–Crippen MR) is 269 cm³/mol. The van der Waals surface area contributed by atoms with E-state index in [1.807, 2.05) is 0 Å². The van der Waals surface area contributed by atoms with Gasteiger partial charge in [0.1, 0.15) is 11.5 Å². The standard InChI is InChI=1S/C48H45Cl5N8O8/c1-23(49)35-22-32(54-47(66)43(26(4)62)60-58-33-18-28(16-30(52)20-33)45(64)56-37-10-8-12-39(68-6)41(37)24(2)50)14-15-36(35)55-48(67)44(27(5)63)61-59-34-19-29(17-31(53)21-34)46(65)57-38-11-9-13-40(69-7)42(38)25(3)51/h8-25,43-44H,1-7H3,(H,54,66)(H,55,67)(H,56,64)(H,57,65). The molecule has 0 aliphatic rings. The Labute approximate surface area is 422 Å². The van der Waals surface area contributed by atoms with Crippen molar-refractivity contribution in [2.45, 2.75) is 62.8 Å². The second-order valence-corrected chi connectivity index (χ2v) is 18.1. The molecular weight excluding hydrogens is 994 g/mol. The molecule has 5 rings (SSSR count). The van der Waals surface area contributed by atoms with Gasteiger partial charge in [-0.2, -0.15) is 20.5 Å². The van der Waals surface area contributed by atoms with E-state index < -0.39 is 63.4 Å². The highest BCUT2D eigenvalue weighted by atomic mass is 35.5. The summed E-state index contributed by atoms with van der Waals surface area (Å²) in [6.45, 7) is 7.39. The molecule has 4 amide bonds. The van der Waals surface area contributed by atoms with Crippen molar-refractivity contribution in [1.29, 1.82) is 0 Å². The summed E-state index contributed by atoms with van der Waals surface area (Å²) in [5.41, 5.74) is 2.99. The summed E-state index contributed by atoms with van der Waals surface area (Å²) in [7, 11) is 2.98. The first-order chi connectivity index (χ1) is 32.7. The van der Waals surface area contributed by atoms with E-state index in [1.54, 1.807) is 57.2 Å². The first-order valence-electron chi connectivity index (χ1n) is 20.8. The van der Waals surface area contributed by atoms with Crippen LogP contribution in [0.25, 0.3) is 0 Å². The number of amides is 4. The second kappa shape index (κ2) is 24.2. The monoisotopic (exact) mass is 1040 g/mol. The number of hydrogen-bond acceptors (Lipinski definition) is 12. The maximum Gasteiger partial charge on any atom is 0.258 e. The zero-order valence-electron chi connectivity index (χ0n) is 38.0. The number of azo groups is 2. The first kappa shape index (κ1) is 53.5. The zero-order valence-corrected chi connectivity index (χ0v) is 41.8. The highest BCUT2D eigenvalue weighted by Gasteiger charge is 2.27. The number of anilines is 4. The summed E-state index contributed by atoms with van der Waals surface area (Å²) >= 11 is 32.0. The van der Waals surface area contributed by atoms with Crippen LogP contribution in [0.1, 0.15) is 88.2 Å². The number of hydrogen-bond donors (Lipinski definition) is 4. The lowest BCUT2D eigenvalue weighted by atomic mass is 10.1. The molecule has 5 aromatic carbocycles. The minimum Gasteiger partial charge on any atom is -0.496 e. The van der Waals surface area contributed by atoms with E-state index in [2.05, 4.69) is 41.7 Å². The average Bonchev–Trinajstić information content (AvgIpc) is 3.28. The van der Waals surface area contributed by atoms with Crippen LogP contribution >= 0.6 is 58.0 Å². The highest BCUT2D eigenvalue weighted by molar-refractivity contribution is 6.32. The Bertz CT molecular complexity index is 2860. The molecule has 0 aliphatic carbocycles. The van der Waals surface area contributed by atoms with Gasteiger partial charge in [-0.3, -0.25) is 28.8 Å². The summed E-state index contributed by atoms with van der Waals surface area (Å²) in [5.74, 6) is -3.17. The molecule has 360 valence electrons. The number of nitrogens with one attached hydrogen (secondary N) is 4. The molecule has 0 saturated heterocycles. The smallest absolute Gasteiger partial charge is 0.258 e. The fraction of sp³-hybridized carbons (Fsp3) is 0.250. The van der Waals surface area contributed by atoms with Crippen LogP contribution in [0.4, 0.5) is 34.1 Å². The molecule has 5 unspecified atom stereocenters. The number of halogens is 5. The molecule has 5 aromatic rings. The Balaban J connectivity index is 1.29. The van der Waals surface area contributed by atoms with Gasteiger partial charge in [0, 0.05) is 55.0 Å². The topological polar surface area (TPSA) is 218 Å². The number of rotatable bonds is 19. The third-order valence-corrected chi connectivity index (χ3v) is 11.1. The predicted octanol–water partition coefficient (Wildman–Crippen LogP) is 12.8. The van der Waals surface area contributed by atoms with Crippen molar-refractivity contribution >= 4 is 127 Å². The fourth-order valence-electron chi connectivity index (χ4n) is 6.78. The molecule has 0 radical (unpaired) electrons. The Kier molecular flexibility index (Phi) is 18.8. The molecule has 0 aromatic heterocycles. The molecule has 4 N–H and O–H groups in total. The molecule has 5 atom stereocenters. The number of carbonyl (C=O) groups is 6. The molecule has 0 saturated carbocycles. The van der Waals surface area contributed by atoms with Crippen molar-refractivity contribution < 1.29 is 38.2 Å². The lowest BCUT2D eigenvalue weighted by Crippen LogP contribution is -2.32. The molecule has 69 heavy (non-hydrogen) atoms. The third kappa shape index (κ3) is 14.1. The normalized spacial score (nSPS) is 13.4. The fourth-order valence-corrected chi connectivity index (χ4v) is 7.87. The molecule has 0 heterocycles. The van der Waals surface area contributed by atoms with Gasteiger partial charge in [-0.25, -0.2) is 0 Å². The number of Topliss-reactive ketones (excluding diaryl/α,β-unsaturated/α-hetero) is 2. The number of methoxy groups -OCH3 is 2. The summed E-state index contributed by atoms with van der Waals surface area (Å²) in [5, 5.41) is 25.5. The number of carbonyl (C=O) groups excluding carboxylic acids is 6. The Morgan fingerprint density at radius 3 is 1.35 bits per heavy atom. The Morgan fingerprint density at radius 2 is 0.957 bits per heavy atom. The zero-order chi connectivity index (χ0) is 50.7. The van der Waals surface area contributed by atoms with Gasteiger partial charge in [-0.1, -0.05) is 35.3 Å². The van der Waals surface area contributed by atoms with E-state index in [-0.39, 0.29) is 43.9 Å².